The van der Waals surface area contributed by atoms with Crippen molar-refractivity contribution in [2.24, 2.45) is 0 Å². The summed E-state index contributed by atoms with van der Waals surface area (Å²) < 4.78 is 0. The lowest BCUT2D eigenvalue weighted by atomic mass is 10.0. The second kappa shape index (κ2) is 5.96. The summed E-state index contributed by atoms with van der Waals surface area (Å²) in [4.78, 5) is 17.1. The molecule has 0 bridgehead atoms. The van der Waals surface area contributed by atoms with Crippen LogP contribution in [0.25, 0.3) is 0 Å². The van der Waals surface area contributed by atoms with Crippen molar-refractivity contribution in [2.45, 2.75) is 44.7 Å². The zero-order valence-electron chi connectivity index (χ0n) is 12.3. The van der Waals surface area contributed by atoms with Gasteiger partial charge in [-0.1, -0.05) is 37.3 Å². The van der Waals surface area contributed by atoms with Gasteiger partial charge in [0.05, 0.1) is 6.04 Å². The molecule has 0 radical (unpaired) electrons. The van der Waals surface area contributed by atoms with E-state index in [1.807, 2.05) is 6.07 Å². The second-order valence-electron chi connectivity index (χ2n) is 5.99. The van der Waals surface area contributed by atoms with Crippen LogP contribution in [0, 0.1) is 0 Å². The van der Waals surface area contributed by atoms with Crippen LogP contribution < -0.4 is 0 Å². The fourth-order valence-electron chi connectivity index (χ4n) is 3.19. The van der Waals surface area contributed by atoms with E-state index in [4.69, 9.17) is 0 Å². The van der Waals surface area contributed by atoms with Gasteiger partial charge in [-0.25, -0.2) is 0 Å². The number of carbonyl (C=O) groups excluding carboxylic acids is 1. The van der Waals surface area contributed by atoms with E-state index in [9.17, 15) is 4.79 Å². The molecule has 1 unspecified atom stereocenters. The third-order valence-electron chi connectivity index (χ3n) is 4.44. The number of benzene rings is 1. The first kappa shape index (κ1) is 13.6. The highest BCUT2D eigenvalue weighted by Gasteiger charge is 2.37. The maximum atomic E-state index is 12.4. The normalized spacial score (nSPS) is 23.9. The predicted octanol–water partition coefficient (Wildman–Crippen LogP) is 2.83. The maximum absolute atomic E-state index is 12.4. The number of hydrogen-bond donors (Lipinski definition) is 0. The summed E-state index contributed by atoms with van der Waals surface area (Å²) in [6.45, 7) is 5.01. The van der Waals surface area contributed by atoms with Gasteiger partial charge < -0.3 is 4.90 Å². The first-order chi connectivity index (χ1) is 9.79. The van der Waals surface area contributed by atoms with E-state index in [0.29, 0.717) is 12.3 Å². The zero-order chi connectivity index (χ0) is 13.9. The summed E-state index contributed by atoms with van der Waals surface area (Å²) in [6, 6.07) is 11.5. The van der Waals surface area contributed by atoms with Gasteiger partial charge in [-0.05, 0) is 24.8 Å². The minimum atomic E-state index is 0.240. The van der Waals surface area contributed by atoms with Gasteiger partial charge in [0.15, 0.2) is 0 Å². The lowest BCUT2D eigenvalue weighted by Crippen LogP contribution is -2.51. The van der Waals surface area contributed by atoms with E-state index in [-0.39, 0.29) is 6.04 Å². The van der Waals surface area contributed by atoms with Crippen molar-refractivity contribution in [1.82, 2.24) is 9.80 Å². The minimum Gasteiger partial charge on any atom is -0.333 e. The van der Waals surface area contributed by atoms with Crippen LogP contribution in [-0.4, -0.2) is 41.4 Å². The van der Waals surface area contributed by atoms with Crippen molar-refractivity contribution in [3.05, 3.63) is 35.9 Å². The maximum Gasteiger partial charge on any atom is 0.223 e. The third kappa shape index (κ3) is 2.88. The van der Waals surface area contributed by atoms with Crippen molar-refractivity contribution in [3.63, 3.8) is 0 Å². The van der Waals surface area contributed by atoms with E-state index < -0.39 is 0 Å². The highest BCUT2D eigenvalue weighted by Crippen LogP contribution is 2.33. The van der Waals surface area contributed by atoms with Crippen LogP contribution in [0.4, 0.5) is 0 Å². The minimum absolute atomic E-state index is 0.240. The molecule has 1 aliphatic heterocycles. The Morgan fingerprint density at radius 3 is 2.60 bits per heavy atom. The molecule has 0 spiro atoms. The summed E-state index contributed by atoms with van der Waals surface area (Å²) in [7, 11) is 0. The van der Waals surface area contributed by atoms with Gasteiger partial charge >= 0.3 is 0 Å². The van der Waals surface area contributed by atoms with Gasteiger partial charge in [-0.2, -0.15) is 0 Å². The van der Waals surface area contributed by atoms with Gasteiger partial charge in [0.1, 0.15) is 0 Å². The summed E-state index contributed by atoms with van der Waals surface area (Å²) in [5, 5.41) is 0. The van der Waals surface area contributed by atoms with Crippen LogP contribution in [-0.2, 0) is 4.79 Å². The topological polar surface area (TPSA) is 23.6 Å². The van der Waals surface area contributed by atoms with Crippen molar-refractivity contribution in [2.75, 3.05) is 19.6 Å². The molecular formula is C17H24N2O. The first-order valence-corrected chi connectivity index (χ1v) is 7.88. The largest absolute Gasteiger partial charge is 0.333 e. The summed E-state index contributed by atoms with van der Waals surface area (Å²) in [5.41, 5.74) is 1.28. The summed E-state index contributed by atoms with van der Waals surface area (Å²) >= 11 is 0. The molecule has 2 aliphatic rings. The Kier molecular flexibility index (Phi) is 4.06. The molecule has 0 aromatic heterocycles. The number of amides is 1. The molecule has 0 N–H and O–H groups in total. The smallest absolute Gasteiger partial charge is 0.223 e. The fraction of sp³-hybridized carbons (Fsp3) is 0.588. The highest BCUT2D eigenvalue weighted by atomic mass is 16.2. The van der Waals surface area contributed by atoms with Gasteiger partial charge in [0, 0.05) is 32.1 Å². The molecule has 3 rings (SSSR count). The molecule has 3 nitrogen and oxygen atoms in total. The Balaban J connectivity index is 1.79. The molecule has 1 saturated carbocycles. The van der Waals surface area contributed by atoms with Crippen molar-refractivity contribution >= 4 is 5.91 Å². The molecule has 1 atom stereocenters. The molecule has 1 aromatic rings. The Morgan fingerprint density at radius 1 is 1.20 bits per heavy atom. The number of hydrogen-bond acceptors (Lipinski definition) is 2. The van der Waals surface area contributed by atoms with Gasteiger partial charge in [0.2, 0.25) is 5.91 Å². The third-order valence-corrected chi connectivity index (χ3v) is 4.44. The molecule has 1 saturated heterocycles. The Hall–Kier alpha value is -1.35. The molecule has 1 aromatic carbocycles. The quantitative estimate of drug-likeness (QED) is 0.841. The van der Waals surface area contributed by atoms with Crippen molar-refractivity contribution in [1.29, 1.82) is 0 Å². The highest BCUT2D eigenvalue weighted by molar-refractivity contribution is 5.76. The Labute approximate surface area is 121 Å². The van der Waals surface area contributed by atoms with Crippen LogP contribution in [0.1, 0.15) is 44.2 Å². The number of carbonyl (C=O) groups is 1. The van der Waals surface area contributed by atoms with Crippen LogP contribution >= 0.6 is 0 Å². The average Bonchev–Trinajstić information content (AvgIpc) is 3.32. The first-order valence-electron chi connectivity index (χ1n) is 7.88. The summed E-state index contributed by atoms with van der Waals surface area (Å²) in [5.74, 6) is 0.316. The lowest BCUT2D eigenvalue weighted by Gasteiger charge is -2.42. The SMILES string of the molecule is CCCC(=O)N1CCN(C2CC2)CC1c1ccccc1. The van der Waals surface area contributed by atoms with E-state index >= 15 is 0 Å². The molecular weight excluding hydrogens is 248 g/mol. The molecule has 1 heterocycles. The molecule has 2 fully saturated rings. The number of rotatable bonds is 4. The zero-order valence-corrected chi connectivity index (χ0v) is 12.3. The van der Waals surface area contributed by atoms with Crippen LogP contribution in [0.5, 0.6) is 0 Å². The van der Waals surface area contributed by atoms with Crippen molar-refractivity contribution < 1.29 is 4.79 Å². The molecule has 1 amide bonds. The van der Waals surface area contributed by atoms with Gasteiger partial charge in [0.25, 0.3) is 0 Å². The number of nitrogens with zero attached hydrogens (tertiary/aromatic N) is 2. The molecule has 108 valence electrons. The van der Waals surface area contributed by atoms with E-state index in [1.54, 1.807) is 0 Å². The van der Waals surface area contributed by atoms with Crippen molar-refractivity contribution in [3.8, 4) is 0 Å². The predicted molar refractivity (Wildman–Crippen MR) is 80.4 cm³/mol. The fourth-order valence-corrected chi connectivity index (χ4v) is 3.19. The average molecular weight is 272 g/mol. The molecule has 1 aliphatic carbocycles. The Bertz CT molecular complexity index is 455. The molecule has 20 heavy (non-hydrogen) atoms. The monoisotopic (exact) mass is 272 g/mol. The second-order valence-corrected chi connectivity index (χ2v) is 5.99. The van der Waals surface area contributed by atoms with E-state index in [1.165, 1.54) is 18.4 Å². The van der Waals surface area contributed by atoms with Crippen LogP contribution in [0.2, 0.25) is 0 Å². The van der Waals surface area contributed by atoms with Gasteiger partial charge in [-0.15, -0.1) is 0 Å². The lowest BCUT2D eigenvalue weighted by molar-refractivity contribution is -0.136. The van der Waals surface area contributed by atoms with Crippen LogP contribution in [0.15, 0.2) is 30.3 Å². The standard InChI is InChI=1S/C17H24N2O/c1-2-6-17(20)19-12-11-18(15-9-10-15)13-16(19)14-7-4-3-5-8-14/h3-5,7-8,15-16H,2,6,9-13H2,1H3. The summed E-state index contributed by atoms with van der Waals surface area (Å²) in [6.07, 6.45) is 4.28. The van der Waals surface area contributed by atoms with E-state index in [0.717, 1.165) is 32.1 Å². The number of piperazine rings is 1. The molecule has 3 heteroatoms. The van der Waals surface area contributed by atoms with Gasteiger partial charge in [-0.3, -0.25) is 9.69 Å². The van der Waals surface area contributed by atoms with Crippen LogP contribution in [0.3, 0.4) is 0 Å². The van der Waals surface area contributed by atoms with E-state index in [2.05, 4.69) is 41.0 Å². The Morgan fingerprint density at radius 2 is 1.95 bits per heavy atom.